The zero-order valence-corrected chi connectivity index (χ0v) is 6.97. The zero-order chi connectivity index (χ0) is 9.73. The Morgan fingerprint density at radius 3 is 2.85 bits per heavy atom. The summed E-state index contributed by atoms with van der Waals surface area (Å²) in [6.45, 7) is 0. The minimum atomic E-state index is -1.03. The molecule has 0 saturated heterocycles. The lowest BCUT2D eigenvalue weighted by molar-refractivity contribution is -0.131. The maximum Gasteiger partial charge on any atom is 0.328 e. The van der Waals surface area contributed by atoms with E-state index in [0.29, 0.717) is 6.42 Å². The number of aliphatic carboxylic acids is 1. The van der Waals surface area contributed by atoms with Gasteiger partial charge in [-0.25, -0.2) is 4.79 Å². The van der Waals surface area contributed by atoms with Crippen molar-refractivity contribution in [2.24, 2.45) is 5.41 Å². The van der Waals surface area contributed by atoms with Gasteiger partial charge < -0.3 is 5.11 Å². The predicted molar refractivity (Wildman–Crippen MR) is 47.7 cm³/mol. The molecule has 13 heavy (non-hydrogen) atoms. The minimum Gasteiger partial charge on any atom is -0.478 e. The Bertz CT molecular complexity index is 333. The third-order valence-corrected chi connectivity index (χ3v) is 1.83. The fourth-order valence-corrected chi connectivity index (χ4v) is 1.10. The van der Waals surface area contributed by atoms with Crippen molar-refractivity contribution >= 4 is 5.97 Å². The van der Waals surface area contributed by atoms with Crippen LogP contribution >= 0.6 is 0 Å². The molecule has 3 heteroatoms. The number of carbonyl (C=O) groups is 1. The number of rotatable bonds is 2. The van der Waals surface area contributed by atoms with Crippen LogP contribution in [0.15, 0.2) is 36.5 Å². The van der Waals surface area contributed by atoms with E-state index < -0.39 is 11.4 Å². The molecule has 0 radical (unpaired) electrons. The van der Waals surface area contributed by atoms with E-state index in [1.54, 1.807) is 12.2 Å². The van der Waals surface area contributed by atoms with Crippen molar-refractivity contribution in [1.29, 1.82) is 5.26 Å². The SMILES string of the molecule is N#CC1(C=CC(=O)O)C=CC=CC1. The van der Waals surface area contributed by atoms with Gasteiger partial charge in [-0.15, -0.1) is 0 Å². The van der Waals surface area contributed by atoms with Crippen LogP contribution in [0.1, 0.15) is 6.42 Å². The normalized spacial score (nSPS) is 26.1. The number of carboxylic acid groups (broad SMARTS) is 1. The lowest BCUT2D eigenvalue weighted by Crippen LogP contribution is -2.13. The second-order valence-corrected chi connectivity index (χ2v) is 2.82. The van der Waals surface area contributed by atoms with Gasteiger partial charge in [-0.05, 0) is 6.42 Å². The molecular formula is C10H9NO2. The molecule has 1 aliphatic carbocycles. The maximum absolute atomic E-state index is 10.3. The Hall–Kier alpha value is -1.82. The maximum atomic E-state index is 10.3. The fourth-order valence-electron chi connectivity index (χ4n) is 1.10. The molecule has 1 N–H and O–H groups in total. The van der Waals surface area contributed by atoms with Crippen LogP contribution in [0.4, 0.5) is 0 Å². The summed E-state index contributed by atoms with van der Waals surface area (Å²) in [6.07, 6.45) is 10.1. The highest BCUT2D eigenvalue weighted by Gasteiger charge is 2.23. The van der Waals surface area contributed by atoms with Gasteiger partial charge >= 0.3 is 5.97 Å². The van der Waals surface area contributed by atoms with Crippen molar-refractivity contribution < 1.29 is 9.90 Å². The molecule has 0 aliphatic heterocycles. The molecule has 1 unspecified atom stereocenters. The highest BCUT2D eigenvalue weighted by atomic mass is 16.4. The molecule has 0 bridgehead atoms. The Kier molecular flexibility index (Phi) is 2.65. The Morgan fingerprint density at radius 2 is 2.38 bits per heavy atom. The summed E-state index contributed by atoms with van der Waals surface area (Å²) >= 11 is 0. The topological polar surface area (TPSA) is 61.1 Å². The molecule has 0 spiro atoms. The van der Waals surface area contributed by atoms with Gasteiger partial charge in [0.2, 0.25) is 0 Å². The molecule has 1 atom stereocenters. The number of hydrogen-bond acceptors (Lipinski definition) is 2. The number of allylic oxidation sites excluding steroid dienone is 5. The van der Waals surface area contributed by atoms with Crippen LogP contribution < -0.4 is 0 Å². The summed E-state index contributed by atoms with van der Waals surface area (Å²) in [5.74, 6) is -1.03. The van der Waals surface area contributed by atoms with Crippen LogP contribution in [0.5, 0.6) is 0 Å². The first kappa shape index (κ1) is 9.27. The van der Waals surface area contributed by atoms with Gasteiger partial charge in [-0.2, -0.15) is 5.26 Å². The van der Waals surface area contributed by atoms with Crippen molar-refractivity contribution in [3.05, 3.63) is 36.5 Å². The smallest absolute Gasteiger partial charge is 0.328 e. The largest absolute Gasteiger partial charge is 0.478 e. The monoisotopic (exact) mass is 175 g/mol. The standard InChI is InChI=1S/C10H9NO2/c11-8-10(7-4-9(12)13)5-2-1-3-6-10/h1-5,7H,6H2,(H,12,13). The summed E-state index contributed by atoms with van der Waals surface area (Å²) < 4.78 is 0. The molecule has 0 fully saturated rings. The number of nitrogens with zero attached hydrogens (tertiary/aromatic N) is 1. The molecule has 0 heterocycles. The molecule has 1 aliphatic rings. The molecule has 1 rings (SSSR count). The second-order valence-electron chi connectivity index (χ2n) is 2.82. The van der Waals surface area contributed by atoms with Gasteiger partial charge in [0.1, 0.15) is 0 Å². The summed E-state index contributed by atoms with van der Waals surface area (Å²) in [6, 6.07) is 2.08. The molecule has 0 amide bonds. The van der Waals surface area contributed by atoms with Crippen LogP contribution in [0.3, 0.4) is 0 Å². The fraction of sp³-hybridized carbons (Fsp3) is 0.200. The van der Waals surface area contributed by atoms with Crippen LogP contribution in [-0.2, 0) is 4.79 Å². The van der Waals surface area contributed by atoms with Gasteiger partial charge in [-0.3, -0.25) is 0 Å². The first-order valence-corrected chi connectivity index (χ1v) is 3.86. The van der Waals surface area contributed by atoms with Crippen molar-refractivity contribution in [3.63, 3.8) is 0 Å². The van der Waals surface area contributed by atoms with Crippen LogP contribution in [0.2, 0.25) is 0 Å². The lowest BCUT2D eigenvalue weighted by Gasteiger charge is -2.17. The number of carboxylic acids is 1. The van der Waals surface area contributed by atoms with Crippen molar-refractivity contribution in [2.45, 2.75) is 6.42 Å². The van der Waals surface area contributed by atoms with Gasteiger partial charge in [0, 0.05) is 6.08 Å². The van der Waals surface area contributed by atoms with E-state index in [2.05, 4.69) is 6.07 Å². The molecule has 0 aromatic carbocycles. The molecule has 0 aromatic rings. The van der Waals surface area contributed by atoms with Crippen molar-refractivity contribution in [1.82, 2.24) is 0 Å². The Morgan fingerprint density at radius 1 is 1.62 bits per heavy atom. The van der Waals surface area contributed by atoms with Gasteiger partial charge in [0.15, 0.2) is 0 Å². The zero-order valence-electron chi connectivity index (χ0n) is 6.97. The minimum absolute atomic E-state index is 0.532. The summed E-state index contributed by atoms with van der Waals surface area (Å²) in [4.78, 5) is 10.3. The second kappa shape index (κ2) is 3.72. The first-order valence-electron chi connectivity index (χ1n) is 3.86. The summed E-state index contributed by atoms with van der Waals surface area (Å²) in [7, 11) is 0. The highest BCUT2D eigenvalue weighted by Crippen LogP contribution is 2.28. The molecule has 0 aromatic heterocycles. The van der Waals surface area contributed by atoms with Crippen LogP contribution in [-0.4, -0.2) is 11.1 Å². The van der Waals surface area contributed by atoms with Gasteiger partial charge in [0.05, 0.1) is 11.5 Å². The van der Waals surface area contributed by atoms with E-state index in [-0.39, 0.29) is 0 Å². The van der Waals surface area contributed by atoms with E-state index >= 15 is 0 Å². The van der Waals surface area contributed by atoms with Crippen molar-refractivity contribution in [3.8, 4) is 6.07 Å². The van der Waals surface area contributed by atoms with E-state index in [4.69, 9.17) is 10.4 Å². The third kappa shape index (κ3) is 2.31. The molecule has 66 valence electrons. The lowest BCUT2D eigenvalue weighted by atomic mass is 9.83. The summed E-state index contributed by atoms with van der Waals surface area (Å²) in [5.41, 5.74) is -0.771. The first-order chi connectivity index (χ1) is 6.18. The Balaban J connectivity index is 2.84. The molecular weight excluding hydrogens is 166 g/mol. The van der Waals surface area contributed by atoms with E-state index in [1.165, 1.54) is 6.08 Å². The van der Waals surface area contributed by atoms with E-state index in [0.717, 1.165) is 6.08 Å². The predicted octanol–water partition coefficient (Wildman–Crippen LogP) is 1.65. The Labute approximate surface area is 76.3 Å². The quantitative estimate of drug-likeness (QED) is 0.649. The highest BCUT2D eigenvalue weighted by molar-refractivity contribution is 5.80. The van der Waals surface area contributed by atoms with Crippen molar-refractivity contribution in [2.75, 3.05) is 0 Å². The van der Waals surface area contributed by atoms with Gasteiger partial charge in [-0.1, -0.05) is 30.4 Å². The van der Waals surface area contributed by atoms with E-state index in [1.807, 2.05) is 12.2 Å². The van der Waals surface area contributed by atoms with Gasteiger partial charge in [0.25, 0.3) is 0 Å². The summed E-state index contributed by atoms with van der Waals surface area (Å²) in [5, 5.41) is 17.3. The van der Waals surface area contributed by atoms with Crippen LogP contribution in [0.25, 0.3) is 0 Å². The number of nitriles is 1. The average molecular weight is 175 g/mol. The number of hydrogen-bond donors (Lipinski definition) is 1. The molecule has 3 nitrogen and oxygen atoms in total. The van der Waals surface area contributed by atoms with Crippen LogP contribution in [0, 0.1) is 16.7 Å². The third-order valence-electron chi connectivity index (χ3n) is 1.83. The molecule has 0 saturated carbocycles. The van der Waals surface area contributed by atoms with E-state index in [9.17, 15) is 4.79 Å². The average Bonchev–Trinajstić information content (AvgIpc) is 2.16.